The predicted molar refractivity (Wildman–Crippen MR) is 83.2 cm³/mol. The standard InChI is InChI=1S/C15H20N2O3.ClH/c1-11(18)12-4-2-6-14(8-12)20-10-15(19)17-13-5-3-7-16-9-13;/h2,4,6,8,13,16H,3,5,7,9-10H2,1H3,(H,17,19);1H/t13-;/m0./s1. The van der Waals surface area contributed by atoms with Crippen molar-refractivity contribution in [1.29, 1.82) is 0 Å². The maximum absolute atomic E-state index is 11.8. The van der Waals surface area contributed by atoms with E-state index in [9.17, 15) is 9.59 Å². The first-order valence-electron chi connectivity index (χ1n) is 6.89. The lowest BCUT2D eigenvalue weighted by Gasteiger charge is -2.23. The molecule has 1 heterocycles. The van der Waals surface area contributed by atoms with Gasteiger partial charge in [0.05, 0.1) is 0 Å². The highest BCUT2D eigenvalue weighted by molar-refractivity contribution is 5.94. The fourth-order valence-corrected chi connectivity index (χ4v) is 2.20. The van der Waals surface area contributed by atoms with Crippen molar-refractivity contribution in [3.05, 3.63) is 29.8 Å². The van der Waals surface area contributed by atoms with Crippen LogP contribution in [0.4, 0.5) is 0 Å². The summed E-state index contributed by atoms with van der Waals surface area (Å²) in [5, 5.41) is 6.17. The van der Waals surface area contributed by atoms with Crippen LogP contribution in [0.2, 0.25) is 0 Å². The number of carbonyl (C=O) groups excluding carboxylic acids is 2. The number of rotatable bonds is 5. The lowest BCUT2D eigenvalue weighted by Crippen LogP contribution is -2.46. The van der Waals surface area contributed by atoms with Crippen molar-refractivity contribution in [2.75, 3.05) is 19.7 Å². The molecule has 0 bridgehead atoms. The van der Waals surface area contributed by atoms with E-state index >= 15 is 0 Å². The van der Waals surface area contributed by atoms with Crippen LogP contribution >= 0.6 is 12.4 Å². The minimum atomic E-state index is -0.132. The van der Waals surface area contributed by atoms with Gasteiger partial charge in [-0.3, -0.25) is 9.59 Å². The van der Waals surface area contributed by atoms with Crippen LogP contribution in [0.1, 0.15) is 30.1 Å². The Morgan fingerprint density at radius 3 is 2.90 bits per heavy atom. The topological polar surface area (TPSA) is 67.4 Å². The number of hydrogen-bond acceptors (Lipinski definition) is 4. The van der Waals surface area contributed by atoms with Crippen molar-refractivity contribution < 1.29 is 14.3 Å². The monoisotopic (exact) mass is 312 g/mol. The Kier molecular flexibility index (Phi) is 7.19. The molecule has 1 saturated heterocycles. The molecule has 2 rings (SSSR count). The highest BCUT2D eigenvalue weighted by Crippen LogP contribution is 2.13. The lowest BCUT2D eigenvalue weighted by molar-refractivity contribution is -0.123. The first kappa shape index (κ1) is 17.5. The van der Waals surface area contributed by atoms with Crippen molar-refractivity contribution in [3.63, 3.8) is 0 Å². The Hall–Kier alpha value is -1.59. The SMILES string of the molecule is CC(=O)c1cccc(OCC(=O)N[C@H]2CCCNC2)c1.Cl. The average Bonchev–Trinajstić information content (AvgIpc) is 2.46. The molecule has 1 amide bonds. The van der Waals surface area contributed by atoms with Crippen LogP contribution < -0.4 is 15.4 Å². The van der Waals surface area contributed by atoms with Gasteiger partial charge in [0.1, 0.15) is 5.75 Å². The van der Waals surface area contributed by atoms with E-state index in [4.69, 9.17) is 4.74 Å². The molecular weight excluding hydrogens is 292 g/mol. The zero-order valence-corrected chi connectivity index (χ0v) is 12.9. The largest absolute Gasteiger partial charge is 0.484 e. The maximum Gasteiger partial charge on any atom is 0.258 e. The summed E-state index contributed by atoms with van der Waals surface area (Å²) in [5.41, 5.74) is 0.583. The van der Waals surface area contributed by atoms with Crippen molar-refractivity contribution in [2.45, 2.75) is 25.8 Å². The minimum absolute atomic E-state index is 0. The maximum atomic E-state index is 11.8. The molecule has 1 aliphatic rings. The van der Waals surface area contributed by atoms with E-state index in [0.29, 0.717) is 11.3 Å². The third kappa shape index (κ3) is 5.73. The molecule has 21 heavy (non-hydrogen) atoms. The van der Waals surface area contributed by atoms with Gasteiger partial charge in [-0.15, -0.1) is 12.4 Å². The number of amides is 1. The van der Waals surface area contributed by atoms with Gasteiger partial charge in [0.15, 0.2) is 12.4 Å². The van der Waals surface area contributed by atoms with E-state index in [1.54, 1.807) is 24.3 Å². The summed E-state index contributed by atoms with van der Waals surface area (Å²) >= 11 is 0. The van der Waals surface area contributed by atoms with Crippen molar-refractivity contribution in [3.8, 4) is 5.75 Å². The summed E-state index contributed by atoms with van der Waals surface area (Å²) in [4.78, 5) is 23.0. The Morgan fingerprint density at radius 1 is 1.43 bits per heavy atom. The Labute approximate surface area is 130 Å². The molecule has 1 aromatic carbocycles. The first-order chi connectivity index (χ1) is 9.65. The molecule has 0 spiro atoms. The number of carbonyl (C=O) groups is 2. The van der Waals surface area contributed by atoms with Crippen molar-refractivity contribution in [2.24, 2.45) is 0 Å². The van der Waals surface area contributed by atoms with Crippen LogP contribution in [-0.2, 0) is 4.79 Å². The molecule has 5 nitrogen and oxygen atoms in total. The quantitative estimate of drug-likeness (QED) is 0.810. The number of ketones is 1. The van der Waals surface area contributed by atoms with Crippen molar-refractivity contribution >= 4 is 24.1 Å². The summed E-state index contributed by atoms with van der Waals surface area (Å²) in [6.45, 7) is 3.30. The third-order valence-electron chi connectivity index (χ3n) is 3.27. The lowest BCUT2D eigenvalue weighted by atomic mass is 10.1. The molecule has 1 aliphatic heterocycles. The summed E-state index contributed by atoms with van der Waals surface area (Å²) in [7, 11) is 0. The predicted octanol–water partition coefficient (Wildman–Crippen LogP) is 1.56. The number of hydrogen-bond donors (Lipinski definition) is 2. The van der Waals surface area contributed by atoms with Crippen LogP contribution in [0.25, 0.3) is 0 Å². The van der Waals surface area contributed by atoms with Gasteiger partial charge >= 0.3 is 0 Å². The fraction of sp³-hybridized carbons (Fsp3) is 0.467. The van der Waals surface area contributed by atoms with E-state index in [1.807, 2.05) is 0 Å². The zero-order chi connectivity index (χ0) is 14.4. The molecular formula is C15H21ClN2O3. The number of Topliss-reactive ketones (excluding diaryl/α,β-unsaturated/α-hetero) is 1. The zero-order valence-electron chi connectivity index (χ0n) is 12.1. The molecule has 116 valence electrons. The van der Waals surface area contributed by atoms with Gasteiger partial charge in [-0.2, -0.15) is 0 Å². The van der Waals surface area contributed by atoms with Crippen LogP contribution in [0.15, 0.2) is 24.3 Å². The average molecular weight is 313 g/mol. The minimum Gasteiger partial charge on any atom is -0.484 e. The number of benzene rings is 1. The second-order valence-electron chi connectivity index (χ2n) is 4.98. The van der Waals surface area contributed by atoms with Crippen molar-refractivity contribution in [1.82, 2.24) is 10.6 Å². The van der Waals surface area contributed by atoms with Crippen LogP contribution in [0.3, 0.4) is 0 Å². The number of ether oxygens (including phenoxy) is 1. The molecule has 1 fully saturated rings. The molecule has 0 saturated carbocycles. The van der Waals surface area contributed by atoms with Gasteiger partial charge in [0.2, 0.25) is 0 Å². The highest BCUT2D eigenvalue weighted by atomic mass is 35.5. The first-order valence-corrected chi connectivity index (χ1v) is 6.89. The van der Waals surface area contributed by atoms with Gasteiger partial charge in [0.25, 0.3) is 5.91 Å². The normalized spacial score (nSPS) is 17.5. The molecule has 0 aromatic heterocycles. The van der Waals surface area contributed by atoms with E-state index in [0.717, 1.165) is 25.9 Å². The van der Waals surface area contributed by atoms with Crippen LogP contribution in [0, 0.1) is 0 Å². The Bertz CT molecular complexity index is 488. The van der Waals surface area contributed by atoms with E-state index in [-0.39, 0.29) is 36.7 Å². The fourth-order valence-electron chi connectivity index (χ4n) is 2.20. The third-order valence-corrected chi connectivity index (χ3v) is 3.27. The second kappa shape index (κ2) is 8.64. The number of halogens is 1. The summed E-state index contributed by atoms with van der Waals surface area (Å²) < 4.78 is 5.42. The van der Waals surface area contributed by atoms with Crippen LogP contribution in [0.5, 0.6) is 5.75 Å². The van der Waals surface area contributed by atoms with E-state index in [2.05, 4.69) is 10.6 Å². The molecule has 0 unspecified atom stereocenters. The molecule has 0 aliphatic carbocycles. The molecule has 1 atom stereocenters. The molecule has 2 N–H and O–H groups in total. The summed E-state index contributed by atoms with van der Waals surface area (Å²) in [5.74, 6) is 0.384. The Morgan fingerprint density at radius 2 is 2.24 bits per heavy atom. The van der Waals surface area contributed by atoms with Gasteiger partial charge in [-0.1, -0.05) is 12.1 Å². The van der Waals surface area contributed by atoms with Gasteiger partial charge in [-0.05, 0) is 38.4 Å². The highest BCUT2D eigenvalue weighted by Gasteiger charge is 2.15. The molecule has 1 aromatic rings. The number of nitrogens with one attached hydrogen (secondary N) is 2. The second-order valence-corrected chi connectivity index (χ2v) is 4.98. The van der Waals surface area contributed by atoms with E-state index in [1.165, 1.54) is 6.92 Å². The summed E-state index contributed by atoms with van der Waals surface area (Å²) in [6, 6.07) is 7.04. The number of piperidine rings is 1. The summed E-state index contributed by atoms with van der Waals surface area (Å²) in [6.07, 6.45) is 2.07. The molecule has 0 radical (unpaired) electrons. The van der Waals surface area contributed by atoms with Gasteiger partial charge < -0.3 is 15.4 Å². The Balaban J connectivity index is 0.00000220. The van der Waals surface area contributed by atoms with E-state index < -0.39 is 0 Å². The van der Waals surface area contributed by atoms with Gasteiger partial charge in [0, 0.05) is 18.2 Å². The van der Waals surface area contributed by atoms with Gasteiger partial charge in [-0.25, -0.2) is 0 Å². The smallest absolute Gasteiger partial charge is 0.258 e. The van der Waals surface area contributed by atoms with Crippen LogP contribution in [-0.4, -0.2) is 37.4 Å². The molecule has 6 heteroatoms.